The van der Waals surface area contributed by atoms with Crippen LogP contribution in [-0.2, 0) is 21.3 Å². The molecule has 2 heterocycles. The van der Waals surface area contributed by atoms with Crippen LogP contribution in [0.5, 0.6) is 0 Å². The second-order valence-electron chi connectivity index (χ2n) is 5.77. The van der Waals surface area contributed by atoms with Gasteiger partial charge in [-0.05, 0) is 43.5 Å². The summed E-state index contributed by atoms with van der Waals surface area (Å²) >= 11 is 0. The van der Waals surface area contributed by atoms with E-state index in [9.17, 15) is 8.42 Å². The number of fused-ring (bicyclic) bond motifs is 2. The topological polar surface area (TPSA) is 67.4 Å². The van der Waals surface area contributed by atoms with Crippen molar-refractivity contribution in [2.24, 2.45) is 0 Å². The third-order valence-corrected chi connectivity index (χ3v) is 5.69. The van der Waals surface area contributed by atoms with E-state index in [-0.39, 0.29) is 18.2 Å². The lowest BCUT2D eigenvalue weighted by Gasteiger charge is -2.20. The van der Waals surface area contributed by atoms with Crippen molar-refractivity contribution in [2.45, 2.75) is 55.9 Å². The highest BCUT2D eigenvalue weighted by atomic mass is 32.2. The number of hydrogen-bond donors (Lipinski definition) is 2. The van der Waals surface area contributed by atoms with Gasteiger partial charge in [0.1, 0.15) is 0 Å². The lowest BCUT2D eigenvalue weighted by molar-refractivity contribution is 0.0996. The minimum absolute atomic E-state index is 0.0507. The minimum atomic E-state index is -3.47. The Labute approximate surface area is 126 Å². The summed E-state index contributed by atoms with van der Waals surface area (Å²) in [6.45, 7) is 3.56. The standard InChI is InChI=1S/C15H22N2O3S/c1-2-16-10-11-4-3-5-13(8-11)21(18,19)17-14-9-12-6-7-15(14)20-12/h3-5,8,12,14-17H,2,6-7,9-10H2,1H3. The van der Waals surface area contributed by atoms with E-state index in [4.69, 9.17) is 4.74 Å². The van der Waals surface area contributed by atoms with Crippen LogP contribution < -0.4 is 10.0 Å². The number of rotatable bonds is 6. The SMILES string of the molecule is CCNCc1cccc(S(=O)(=O)NC2CC3CCC2O3)c1. The van der Waals surface area contributed by atoms with Gasteiger partial charge in [0.05, 0.1) is 23.1 Å². The van der Waals surface area contributed by atoms with E-state index >= 15 is 0 Å². The molecule has 0 aliphatic carbocycles. The third-order valence-electron chi connectivity index (χ3n) is 4.20. The third kappa shape index (κ3) is 3.29. The summed E-state index contributed by atoms with van der Waals surface area (Å²) < 4.78 is 33.5. The van der Waals surface area contributed by atoms with Crippen molar-refractivity contribution in [3.8, 4) is 0 Å². The number of nitrogens with one attached hydrogen (secondary N) is 2. The maximum atomic E-state index is 12.5. The molecule has 3 atom stereocenters. The molecule has 2 aliphatic rings. The molecule has 3 rings (SSSR count). The van der Waals surface area contributed by atoms with Gasteiger partial charge in [-0.25, -0.2) is 13.1 Å². The fraction of sp³-hybridized carbons (Fsp3) is 0.600. The summed E-state index contributed by atoms with van der Waals surface area (Å²) in [5.41, 5.74) is 0.976. The predicted octanol–water partition coefficient (Wildman–Crippen LogP) is 1.39. The van der Waals surface area contributed by atoms with Crippen LogP contribution in [0.15, 0.2) is 29.2 Å². The maximum Gasteiger partial charge on any atom is 0.240 e. The Morgan fingerprint density at radius 2 is 2.19 bits per heavy atom. The molecule has 0 saturated carbocycles. The number of hydrogen-bond acceptors (Lipinski definition) is 4. The zero-order chi connectivity index (χ0) is 14.9. The van der Waals surface area contributed by atoms with Gasteiger partial charge in [-0.2, -0.15) is 0 Å². The Morgan fingerprint density at radius 3 is 2.86 bits per heavy atom. The van der Waals surface area contributed by atoms with Crippen LogP contribution >= 0.6 is 0 Å². The van der Waals surface area contributed by atoms with Gasteiger partial charge in [-0.3, -0.25) is 0 Å². The zero-order valence-electron chi connectivity index (χ0n) is 12.2. The Kier molecular flexibility index (Phi) is 4.31. The van der Waals surface area contributed by atoms with Gasteiger partial charge in [-0.15, -0.1) is 0 Å². The van der Waals surface area contributed by atoms with Crippen LogP contribution in [-0.4, -0.2) is 33.2 Å². The minimum Gasteiger partial charge on any atom is -0.373 e. The smallest absolute Gasteiger partial charge is 0.240 e. The zero-order valence-corrected chi connectivity index (χ0v) is 13.0. The van der Waals surface area contributed by atoms with Crippen molar-refractivity contribution in [3.05, 3.63) is 29.8 Å². The van der Waals surface area contributed by atoms with E-state index in [1.54, 1.807) is 18.2 Å². The summed E-state index contributed by atoms with van der Waals surface area (Å²) in [6, 6.07) is 7.03. The first-order valence-electron chi connectivity index (χ1n) is 7.56. The molecule has 0 spiro atoms. The first kappa shape index (κ1) is 15.0. The van der Waals surface area contributed by atoms with Crippen molar-refractivity contribution in [1.82, 2.24) is 10.0 Å². The molecule has 6 heteroatoms. The number of sulfonamides is 1. The molecule has 2 bridgehead atoms. The van der Waals surface area contributed by atoms with Crippen LogP contribution in [0.1, 0.15) is 31.7 Å². The van der Waals surface area contributed by atoms with Crippen LogP contribution in [0.2, 0.25) is 0 Å². The van der Waals surface area contributed by atoms with Crippen LogP contribution in [0.3, 0.4) is 0 Å². The second-order valence-corrected chi connectivity index (χ2v) is 7.48. The monoisotopic (exact) mass is 310 g/mol. The van der Waals surface area contributed by atoms with E-state index in [1.807, 2.05) is 13.0 Å². The molecule has 2 aliphatic heterocycles. The molecule has 0 aromatic heterocycles. The molecule has 0 amide bonds. The van der Waals surface area contributed by atoms with E-state index in [1.165, 1.54) is 0 Å². The average molecular weight is 310 g/mol. The van der Waals surface area contributed by atoms with Gasteiger partial charge in [-0.1, -0.05) is 19.1 Å². The molecule has 2 fully saturated rings. The molecule has 1 aromatic rings. The first-order valence-corrected chi connectivity index (χ1v) is 9.04. The molecule has 21 heavy (non-hydrogen) atoms. The summed E-state index contributed by atoms with van der Waals surface area (Å²) in [5.74, 6) is 0. The fourth-order valence-corrected chi connectivity index (χ4v) is 4.47. The van der Waals surface area contributed by atoms with Crippen LogP contribution in [0, 0.1) is 0 Å². The van der Waals surface area contributed by atoms with Gasteiger partial charge >= 0.3 is 0 Å². The van der Waals surface area contributed by atoms with Crippen molar-refractivity contribution in [2.75, 3.05) is 6.54 Å². The Hall–Kier alpha value is -0.950. The lowest BCUT2D eigenvalue weighted by Crippen LogP contribution is -2.41. The van der Waals surface area contributed by atoms with Crippen molar-refractivity contribution in [3.63, 3.8) is 0 Å². The average Bonchev–Trinajstić information content (AvgIpc) is 3.07. The Balaban J connectivity index is 1.72. The normalized spacial score (nSPS) is 28.1. The lowest BCUT2D eigenvalue weighted by atomic mass is 9.96. The largest absolute Gasteiger partial charge is 0.373 e. The Morgan fingerprint density at radius 1 is 1.33 bits per heavy atom. The summed E-state index contributed by atoms with van der Waals surface area (Å²) in [7, 11) is -3.47. The first-order chi connectivity index (χ1) is 10.1. The van der Waals surface area contributed by atoms with Crippen molar-refractivity contribution < 1.29 is 13.2 Å². The molecule has 0 radical (unpaired) electrons. The molecule has 2 N–H and O–H groups in total. The van der Waals surface area contributed by atoms with Gasteiger partial charge < -0.3 is 10.1 Å². The van der Waals surface area contributed by atoms with Crippen LogP contribution in [0.25, 0.3) is 0 Å². The van der Waals surface area contributed by atoms with E-state index in [0.29, 0.717) is 11.4 Å². The maximum absolute atomic E-state index is 12.5. The number of ether oxygens (including phenoxy) is 1. The quantitative estimate of drug-likeness (QED) is 0.833. The summed E-state index contributed by atoms with van der Waals surface area (Å²) in [6.07, 6.45) is 3.10. The highest BCUT2D eigenvalue weighted by molar-refractivity contribution is 7.89. The molecule has 116 valence electrons. The van der Waals surface area contributed by atoms with Crippen molar-refractivity contribution >= 4 is 10.0 Å². The van der Waals surface area contributed by atoms with Crippen LogP contribution in [0.4, 0.5) is 0 Å². The molecule has 3 unspecified atom stereocenters. The fourth-order valence-electron chi connectivity index (χ4n) is 3.12. The highest BCUT2D eigenvalue weighted by Gasteiger charge is 2.42. The Bertz CT molecular complexity index is 603. The molecular formula is C15H22N2O3S. The molecule has 5 nitrogen and oxygen atoms in total. The summed E-state index contributed by atoms with van der Waals surface area (Å²) in [4.78, 5) is 0.334. The van der Waals surface area contributed by atoms with E-state index in [2.05, 4.69) is 10.0 Å². The van der Waals surface area contributed by atoms with Gasteiger partial charge in [0.2, 0.25) is 10.0 Å². The molecular weight excluding hydrogens is 288 g/mol. The number of benzene rings is 1. The summed E-state index contributed by atoms with van der Waals surface area (Å²) in [5, 5.41) is 3.20. The molecule has 1 aromatic carbocycles. The second kappa shape index (κ2) is 6.04. The van der Waals surface area contributed by atoms with Gasteiger partial charge in [0.15, 0.2) is 0 Å². The van der Waals surface area contributed by atoms with Crippen molar-refractivity contribution in [1.29, 1.82) is 0 Å². The van der Waals surface area contributed by atoms with E-state index < -0.39 is 10.0 Å². The predicted molar refractivity (Wildman–Crippen MR) is 80.4 cm³/mol. The van der Waals surface area contributed by atoms with Gasteiger partial charge in [0, 0.05) is 6.54 Å². The van der Waals surface area contributed by atoms with Gasteiger partial charge in [0.25, 0.3) is 0 Å². The molecule has 2 saturated heterocycles. The van der Waals surface area contributed by atoms with E-state index in [0.717, 1.165) is 31.4 Å². The highest BCUT2D eigenvalue weighted by Crippen LogP contribution is 2.35.